The van der Waals surface area contributed by atoms with Gasteiger partial charge in [0.15, 0.2) is 0 Å². The van der Waals surface area contributed by atoms with Crippen molar-refractivity contribution in [3.63, 3.8) is 0 Å². The summed E-state index contributed by atoms with van der Waals surface area (Å²) in [6, 6.07) is 13.5. The maximum absolute atomic E-state index is 13.1. The van der Waals surface area contributed by atoms with E-state index in [2.05, 4.69) is 0 Å². The van der Waals surface area contributed by atoms with Crippen molar-refractivity contribution in [2.24, 2.45) is 5.92 Å². The largest absolute Gasteiger partial charge is 0.481 e. The number of aliphatic carboxylic acids is 1. The van der Waals surface area contributed by atoms with Crippen molar-refractivity contribution in [1.82, 2.24) is 0 Å². The molecule has 0 saturated heterocycles. The molecule has 3 aromatic rings. The summed E-state index contributed by atoms with van der Waals surface area (Å²) >= 11 is 0. The van der Waals surface area contributed by atoms with Crippen molar-refractivity contribution in [2.45, 2.75) is 38.5 Å². The summed E-state index contributed by atoms with van der Waals surface area (Å²) in [4.78, 5) is 12.1. The van der Waals surface area contributed by atoms with E-state index in [-0.39, 0.29) is 12.3 Å². The molecule has 0 saturated carbocycles. The fourth-order valence-corrected chi connectivity index (χ4v) is 3.92. The molecule has 0 heterocycles. The van der Waals surface area contributed by atoms with Crippen molar-refractivity contribution in [3.8, 4) is 22.3 Å². The third-order valence-electron chi connectivity index (χ3n) is 5.50. The second-order valence-electron chi connectivity index (χ2n) is 8.44. The summed E-state index contributed by atoms with van der Waals surface area (Å²) < 4.78 is 78.3. The first-order valence-corrected chi connectivity index (χ1v) is 10.5. The number of hydrogen-bond donors (Lipinski definition) is 1. The van der Waals surface area contributed by atoms with E-state index in [0.717, 1.165) is 24.3 Å². The van der Waals surface area contributed by atoms with E-state index in [9.17, 15) is 36.2 Å². The van der Waals surface area contributed by atoms with Crippen molar-refractivity contribution >= 4 is 5.97 Å². The van der Waals surface area contributed by atoms with E-state index in [0.29, 0.717) is 27.8 Å². The second-order valence-corrected chi connectivity index (χ2v) is 8.44. The second kappa shape index (κ2) is 9.52. The van der Waals surface area contributed by atoms with Crippen LogP contribution in [0.2, 0.25) is 0 Å². The first kappa shape index (κ1) is 25.3. The molecule has 3 rings (SSSR count). The predicted molar refractivity (Wildman–Crippen MR) is 117 cm³/mol. The lowest BCUT2D eigenvalue weighted by molar-refractivity contribution is -0.139. The summed E-state index contributed by atoms with van der Waals surface area (Å²) in [7, 11) is 0. The molecule has 0 aromatic heterocycles. The maximum atomic E-state index is 13.1. The lowest BCUT2D eigenvalue weighted by Gasteiger charge is -2.22. The zero-order chi connectivity index (χ0) is 25.3. The number of rotatable bonds is 6. The van der Waals surface area contributed by atoms with Crippen LogP contribution < -0.4 is 0 Å². The van der Waals surface area contributed by atoms with Gasteiger partial charge in [0.2, 0.25) is 0 Å². The topological polar surface area (TPSA) is 37.3 Å². The van der Waals surface area contributed by atoms with Crippen LogP contribution in [0.25, 0.3) is 22.3 Å². The van der Waals surface area contributed by atoms with Gasteiger partial charge in [0.1, 0.15) is 0 Å². The molecule has 180 valence electrons. The van der Waals surface area contributed by atoms with Crippen LogP contribution in [0.3, 0.4) is 0 Å². The number of hydrogen-bond acceptors (Lipinski definition) is 1. The number of carboxylic acid groups (broad SMARTS) is 1. The Hall–Kier alpha value is -3.29. The van der Waals surface area contributed by atoms with E-state index < -0.39 is 35.4 Å². The molecule has 0 fully saturated rings. The molecule has 2 nitrogen and oxygen atoms in total. The van der Waals surface area contributed by atoms with Crippen LogP contribution in [0.1, 0.15) is 42.9 Å². The van der Waals surface area contributed by atoms with Crippen molar-refractivity contribution in [3.05, 3.63) is 83.4 Å². The third kappa shape index (κ3) is 5.61. The summed E-state index contributed by atoms with van der Waals surface area (Å²) in [5.41, 5.74) is 0.226. The van der Waals surface area contributed by atoms with Gasteiger partial charge in [-0.2, -0.15) is 26.3 Å². The van der Waals surface area contributed by atoms with E-state index in [1.807, 2.05) is 13.8 Å². The molecule has 3 aromatic carbocycles. The summed E-state index contributed by atoms with van der Waals surface area (Å²) in [6.07, 6.45) is -8.79. The zero-order valence-electron chi connectivity index (χ0n) is 18.3. The Balaban J connectivity index is 2.25. The van der Waals surface area contributed by atoms with Gasteiger partial charge in [-0.1, -0.05) is 56.3 Å². The SMILES string of the molecule is CC(C)CC(C(=O)O)c1cccc(-c2ccc(C(F)(F)F)cc2)c1-c1ccc(C(F)(F)F)cc1. The van der Waals surface area contributed by atoms with Crippen molar-refractivity contribution in [1.29, 1.82) is 0 Å². The van der Waals surface area contributed by atoms with Gasteiger partial charge in [0.25, 0.3) is 0 Å². The van der Waals surface area contributed by atoms with Crippen LogP contribution in [0.5, 0.6) is 0 Å². The number of benzene rings is 3. The molecular weight excluding hydrogens is 458 g/mol. The average Bonchev–Trinajstić information content (AvgIpc) is 2.75. The van der Waals surface area contributed by atoms with Crippen LogP contribution in [0, 0.1) is 5.92 Å². The Morgan fingerprint density at radius 1 is 0.765 bits per heavy atom. The average molecular weight is 480 g/mol. The van der Waals surface area contributed by atoms with Gasteiger partial charge in [-0.3, -0.25) is 4.79 Å². The molecule has 1 unspecified atom stereocenters. The monoisotopic (exact) mass is 480 g/mol. The molecule has 0 amide bonds. The highest BCUT2D eigenvalue weighted by atomic mass is 19.4. The predicted octanol–water partition coefficient (Wildman–Crippen LogP) is 8.27. The Bertz CT molecular complexity index is 1140. The number of carboxylic acids is 1. The molecule has 34 heavy (non-hydrogen) atoms. The van der Waals surface area contributed by atoms with Gasteiger partial charge in [0.05, 0.1) is 17.0 Å². The summed E-state index contributed by atoms with van der Waals surface area (Å²) in [5, 5.41) is 9.91. The molecule has 0 bridgehead atoms. The molecule has 8 heteroatoms. The van der Waals surface area contributed by atoms with Crippen LogP contribution in [0.15, 0.2) is 66.7 Å². The van der Waals surface area contributed by atoms with Crippen LogP contribution >= 0.6 is 0 Å². The molecule has 0 spiro atoms. The summed E-state index contributed by atoms with van der Waals surface area (Å²) in [6.45, 7) is 3.71. The van der Waals surface area contributed by atoms with E-state index in [4.69, 9.17) is 0 Å². The Kier molecular flexibility index (Phi) is 7.10. The van der Waals surface area contributed by atoms with Gasteiger partial charge in [0, 0.05) is 0 Å². The molecule has 0 aliphatic carbocycles. The number of carbonyl (C=O) groups is 1. The highest BCUT2D eigenvalue weighted by molar-refractivity contribution is 5.90. The highest BCUT2D eigenvalue weighted by Gasteiger charge is 2.32. The number of halogens is 6. The molecule has 1 N–H and O–H groups in total. The van der Waals surface area contributed by atoms with E-state index >= 15 is 0 Å². The van der Waals surface area contributed by atoms with E-state index in [1.54, 1.807) is 18.2 Å². The minimum Gasteiger partial charge on any atom is -0.481 e. The lowest BCUT2D eigenvalue weighted by Crippen LogP contribution is -2.15. The van der Waals surface area contributed by atoms with Gasteiger partial charge in [-0.15, -0.1) is 0 Å². The standard InChI is InChI=1S/C26H22F6O2/c1-15(2)14-22(24(33)34)21-5-3-4-20(16-6-10-18(11-7-16)25(27,28)29)23(21)17-8-12-19(13-9-17)26(30,31)32/h3-13,15,22H,14H2,1-2H3,(H,33,34). The van der Waals surface area contributed by atoms with Gasteiger partial charge in [-0.05, 0) is 64.4 Å². The lowest BCUT2D eigenvalue weighted by atomic mass is 9.82. The first-order valence-electron chi connectivity index (χ1n) is 10.5. The first-order chi connectivity index (χ1) is 15.8. The zero-order valence-corrected chi connectivity index (χ0v) is 18.3. The molecule has 0 aliphatic rings. The normalized spacial score (nSPS) is 13.2. The van der Waals surface area contributed by atoms with Crippen LogP contribution in [-0.2, 0) is 17.1 Å². The Morgan fingerprint density at radius 2 is 1.24 bits per heavy atom. The van der Waals surface area contributed by atoms with Crippen LogP contribution in [0.4, 0.5) is 26.3 Å². The van der Waals surface area contributed by atoms with Crippen molar-refractivity contribution in [2.75, 3.05) is 0 Å². The molecule has 0 aliphatic heterocycles. The van der Waals surface area contributed by atoms with Crippen LogP contribution in [-0.4, -0.2) is 11.1 Å². The Morgan fingerprint density at radius 3 is 1.65 bits per heavy atom. The van der Waals surface area contributed by atoms with Gasteiger partial charge < -0.3 is 5.11 Å². The minimum atomic E-state index is -4.55. The Labute approximate surface area is 192 Å². The third-order valence-corrected chi connectivity index (χ3v) is 5.50. The fraction of sp³-hybridized carbons (Fsp3) is 0.269. The highest BCUT2D eigenvalue weighted by Crippen LogP contribution is 2.42. The smallest absolute Gasteiger partial charge is 0.416 e. The quantitative estimate of drug-likeness (QED) is 0.361. The summed E-state index contributed by atoms with van der Waals surface area (Å²) in [5.74, 6) is -2.03. The van der Waals surface area contributed by atoms with Gasteiger partial charge in [-0.25, -0.2) is 0 Å². The molecule has 1 atom stereocenters. The number of alkyl halides is 6. The fourth-order valence-electron chi connectivity index (χ4n) is 3.92. The van der Waals surface area contributed by atoms with Gasteiger partial charge >= 0.3 is 18.3 Å². The maximum Gasteiger partial charge on any atom is 0.416 e. The van der Waals surface area contributed by atoms with Crippen molar-refractivity contribution < 1.29 is 36.2 Å². The van der Waals surface area contributed by atoms with E-state index in [1.165, 1.54) is 24.3 Å². The minimum absolute atomic E-state index is 0.0104. The molecule has 0 radical (unpaired) electrons. The molecular formula is C26H22F6O2.